The lowest BCUT2D eigenvalue weighted by Gasteiger charge is -2.41. The van der Waals surface area contributed by atoms with Gasteiger partial charge < -0.3 is 15.3 Å². The zero-order valence-corrected chi connectivity index (χ0v) is 9.00. The van der Waals surface area contributed by atoms with E-state index in [9.17, 15) is 9.90 Å². The van der Waals surface area contributed by atoms with Crippen LogP contribution in [0.2, 0.25) is 0 Å². The smallest absolute Gasteiger partial charge is 0.318 e. The maximum absolute atomic E-state index is 11.6. The van der Waals surface area contributed by atoms with Gasteiger partial charge in [0, 0.05) is 6.54 Å². The van der Waals surface area contributed by atoms with Gasteiger partial charge in [0.1, 0.15) is 0 Å². The van der Waals surface area contributed by atoms with Crippen molar-refractivity contribution in [3.05, 3.63) is 0 Å². The van der Waals surface area contributed by atoms with Gasteiger partial charge in [-0.3, -0.25) is 0 Å². The Morgan fingerprint density at radius 3 is 2.79 bits per heavy atom. The number of nitrogens with one attached hydrogen (secondary N) is 1. The Morgan fingerprint density at radius 1 is 1.50 bits per heavy atom. The summed E-state index contributed by atoms with van der Waals surface area (Å²) in [5.74, 6) is 0. The molecule has 14 heavy (non-hydrogen) atoms. The molecule has 2 amide bonds. The average Bonchev–Trinajstić information content (AvgIpc) is 2.20. The van der Waals surface area contributed by atoms with Crippen LogP contribution in [0, 0.1) is 0 Å². The Morgan fingerprint density at radius 2 is 2.14 bits per heavy atom. The van der Waals surface area contributed by atoms with Crippen molar-refractivity contribution in [2.75, 3.05) is 6.54 Å². The van der Waals surface area contributed by atoms with Crippen LogP contribution in [0.3, 0.4) is 0 Å². The lowest BCUT2D eigenvalue weighted by atomic mass is 9.81. The van der Waals surface area contributed by atoms with Crippen LogP contribution < -0.4 is 5.32 Å². The van der Waals surface area contributed by atoms with Gasteiger partial charge in [-0.15, -0.1) is 0 Å². The predicted molar refractivity (Wildman–Crippen MR) is 53.0 cm³/mol. The maximum Gasteiger partial charge on any atom is 0.318 e. The summed E-state index contributed by atoms with van der Waals surface area (Å²) in [7, 11) is 0. The van der Waals surface area contributed by atoms with Crippen LogP contribution in [0.15, 0.2) is 0 Å². The molecule has 0 bridgehead atoms. The molecule has 2 rings (SSSR count). The first-order valence-electron chi connectivity index (χ1n) is 5.13. The number of amides is 2. The van der Waals surface area contributed by atoms with E-state index < -0.39 is 5.60 Å². The molecule has 0 radical (unpaired) electrons. The highest BCUT2D eigenvalue weighted by Crippen LogP contribution is 2.35. The molecule has 4 heteroatoms. The normalized spacial score (nSPS) is 40.7. The molecule has 80 valence electrons. The summed E-state index contributed by atoms with van der Waals surface area (Å²) >= 11 is 0. The largest absolute Gasteiger partial charge is 0.390 e. The van der Waals surface area contributed by atoms with E-state index in [1.807, 2.05) is 25.7 Å². The second kappa shape index (κ2) is 2.63. The third-order valence-electron chi connectivity index (χ3n) is 3.42. The summed E-state index contributed by atoms with van der Waals surface area (Å²) in [6, 6.07) is 0.134. The van der Waals surface area contributed by atoms with Crippen LogP contribution in [-0.2, 0) is 0 Å². The molecule has 2 atom stereocenters. The molecule has 2 fully saturated rings. The standard InChI is InChI=1S/C10H18N2O2/c1-9(2)7-6-10(3,14)4-5-12(7)8(13)11-9/h7,14H,4-6H2,1-3H3,(H,11,13)/t7-,10+/m0/s1. The fourth-order valence-corrected chi connectivity index (χ4v) is 2.46. The summed E-state index contributed by atoms with van der Waals surface area (Å²) in [6.45, 7) is 6.53. The highest BCUT2D eigenvalue weighted by molar-refractivity contribution is 5.78. The topological polar surface area (TPSA) is 52.6 Å². The maximum atomic E-state index is 11.6. The first-order chi connectivity index (χ1) is 6.32. The number of carbonyl (C=O) groups excluding carboxylic acids is 1. The number of aliphatic hydroxyl groups is 1. The molecule has 2 N–H and O–H groups in total. The number of urea groups is 1. The molecule has 0 aromatic heterocycles. The number of hydrogen-bond acceptors (Lipinski definition) is 2. The average molecular weight is 198 g/mol. The van der Waals surface area contributed by atoms with Gasteiger partial charge in [0.25, 0.3) is 0 Å². The fraction of sp³-hybridized carbons (Fsp3) is 0.900. The number of piperidine rings is 1. The van der Waals surface area contributed by atoms with Crippen LogP contribution in [0.25, 0.3) is 0 Å². The first-order valence-corrected chi connectivity index (χ1v) is 5.13. The SMILES string of the molecule is CC1(C)NC(=O)N2CC[C@@](C)(O)C[C@H]21. The Bertz CT molecular complexity index is 273. The van der Waals surface area contributed by atoms with Crippen molar-refractivity contribution in [2.24, 2.45) is 0 Å². The van der Waals surface area contributed by atoms with Gasteiger partial charge in [-0.1, -0.05) is 0 Å². The van der Waals surface area contributed by atoms with E-state index in [1.165, 1.54) is 0 Å². The van der Waals surface area contributed by atoms with Crippen molar-refractivity contribution in [3.8, 4) is 0 Å². The van der Waals surface area contributed by atoms with Crippen molar-refractivity contribution in [2.45, 2.75) is 50.8 Å². The Balaban J connectivity index is 2.24. The Kier molecular flexibility index (Phi) is 1.83. The molecule has 2 aliphatic rings. The lowest BCUT2D eigenvalue weighted by molar-refractivity contribution is -0.0221. The summed E-state index contributed by atoms with van der Waals surface area (Å²) in [4.78, 5) is 13.4. The summed E-state index contributed by atoms with van der Waals surface area (Å²) in [5, 5.41) is 12.9. The third kappa shape index (κ3) is 1.38. The van der Waals surface area contributed by atoms with Gasteiger partial charge in [0.15, 0.2) is 0 Å². The molecule has 2 saturated heterocycles. The second-order valence-corrected chi connectivity index (χ2v) is 5.31. The second-order valence-electron chi connectivity index (χ2n) is 5.31. The van der Waals surface area contributed by atoms with Gasteiger partial charge >= 0.3 is 6.03 Å². The van der Waals surface area contributed by atoms with Gasteiger partial charge in [-0.05, 0) is 33.6 Å². The van der Waals surface area contributed by atoms with Crippen LogP contribution in [0.1, 0.15) is 33.6 Å². The van der Waals surface area contributed by atoms with E-state index in [0.717, 1.165) is 0 Å². The zero-order valence-electron chi connectivity index (χ0n) is 9.00. The van der Waals surface area contributed by atoms with Crippen LogP contribution in [0.5, 0.6) is 0 Å². The monoisotopic (exact) mass is 198 g/mol. The van der Waals surface area contributed by atoms with Gasteiger partial charge in [0.05, 0.1) is 17.2 Å². The lowest BCUT2D eigenvalue weighted by Crippen LogP contribution is -2.53. The summed E-state index contributed by atoms with van der Waals surface area (Å²) in [5.41, 5.74) is -0.841. The highest BCUT2D eigenvalue weighted by Gasteiger charge is 2.50. The molecular weight excluding hydrogens is 180 g/mol. The van der Waals surface area contributed by atoms with Crippen LogP contribution in [-0.4, -0.2) is 39.8 Å². The Labute approximate surface area is 84.3 Å². The highest BCUT2D eigenvalue weighted by atomic mass is 16.3. The van der Waals surface area contributed by atoms with E-state index in [0.29, 0.717) is 19.4 Å². The van der Waals surface area contributed by atoms with Gasteiger partial charge in [-0.2, -0.15) is 0 Å². The van der Waals surface area contributed by atoms with Crippen molar-refractivity contribution in [1.82, 2.24) is 10.2 Å². The van der Waals surface area contributed by atoms with E-state index in [4.69, 9.17) is 0 Å². The molecule has 0 aromatic rings. The van der Waals surface area contributed by atoms with Crippen molar-refractivity contribution in [3.63, 3.8) is 0 Å². The predicted octanol–water partition coefficient (Wildman–Crippen LogP) is 0.704. The van der Waals surface area contributed by atoms with Gasteiger partial charge in [0.2, 0.25) is 0 Å². The quantitative estimate of drug-likeness (QED) is 0.602. The number of fused-ring (bicyclic) bond motifs is 1. The molecule has 4 nitrogen and oxygen atoms in total. The fourth-order valence-electron chi connectivity index (χ4n) is 2.46. The minimum Gasteiger partial charge on any atom is -0.390 e. The molecule has 0 spiro atoms. The van der Waals surface area contributed by atoms with E-state index in [2.05, 4.69) is 5.32 Å². The number of rotatable bonds is 0. The molecule has 0 unspecified atom stereocenters. The zero-order chi connectivity index (χ0) is 10.6. The molecule has 0 saturated carbocycles. The minimum absolute atomic E-state index is 0.00972. The molecule has 2 heterocycles. The number of carbonyl (C=O) groups is 1. The third-order valence-corrected chi connectivity index (χ3v) is 3.42. The molecule has 0 aliphatic carbocycles. The van der Waals surface area contributed by atoms with Crippen LogP contribution >= 0.6 is 0 Å². The van der Waals surface area contributed by atoms with Gasteiger partial charge in [-0.25, -0.2) is 4.79 Å². The van der Waals surface area contributed by atoms with Crippen molar-refractivity contribution in [1.29, 1.82) is 0 Å². The molecular formula is C10H18N2O2. The number of hydrogen-bond donors (Lipinski definition) is 2. The van der Waals surface area contributed by atoms with Crippen molar-refractivity contribution < 1.29 is 9.90 Å². The molecule has 0 aromatic carbocycles. The Hall–Kier alpha value is -0.770. The first kappa shape index (κ1) is 9.77. The number of nitrogens with zero attached hydrogens (tertiary/aromatic N) is 1. The van der Waals surface area contributed by atoms with E-state index in [1.54, 1.807) is 0 Å². The summed E-state index contributed by atoms with van der Waals surface area (Å²) in [6.07, 6.45) is 1.34. The van der Waals surface area contributed by atoms with E-state index >= 15 is 0 Å². The van der Waals surface area contributed by atoms with E-state index in [-0.39, 0.29) is 17.6 Å². The summed E-state index contributed by atoms with van der Waals surface area (Å²) < 4.78 is 0. The minimum atomic E-state index is -0.620. The molecule has 2 aliphatic heterocycles. The van der Waals surface area contributed by atoms with Crippen LogP contribution in [0.4, 0.5) is 4.79 Å². The van der Waals surface area contributed by atoms with Crippen molar-refractivity contribution >= 4 is 6.03 Å².